The summed E-state index contributed by atoms with van der Waals surface area (Å²) in [6, 6.07) is 9.76. The normalized spacial score (nSPS) is 16.4. The van der Waals surface area contributed by atoms with Crippen molar-refractivity contribution in [2.45, 2.75) is 13.5 Å². The number of aromatic nitrogens is 3. The molecule has 2 aliphatic rings. The number of nitrogens with zero attached hydrogens (tertiary/aromatic N) is 6. The molecule has 0 atom stereocenters. The number of benzene rings is 1. The van der Waals surface area contributed by atoms with E-state index in [1.807, 2.05) is 30.3 Å². The van der Waals surface area contributed by atoms with Gasteiger partial charge in [-0.15, -0.1) is 0 Å². The SMILES string of the molecule is CCN(CCN1CCN(c2ncccn2)CC1)Cc1cc(-c2ccc3c(c2)OCCO3)no1. The molecule has 0 amide bonds. The second kappa shape index (κ2) is 10.2. The molecule has 1 saturated heterocycles. The first-order valence-electron chi connectivity index (χ1n) is 11.6. The molecular formula is C24H30N6O3. The van der Waals surface area contributed by atoms with Crippen molar-refractivity contribution in [3.8, 4) is 22.8 Å². The van der Waals surface area contributed by atoms with Gasteiger partial charge in [-0.05, 0) is 30.8 Å². The maximum Gasteiger partial charge on any atom is 0.225 e. The van der Waals surface area contributed by atoms with Crippen LogP contribution in [0.3, 0.4) is 0 Å². The Hall–Kier alpha value is -3.17. The Balaban J connectivity index is 1.12. The third-order valence-electron chi connectivity index (χ3n) is 6.16. The van der Waals surface area contributed by atoms with Crippen LogP contribution in [-0.2, 0) is 6.54 Å². The van der Waals surface area contributed by atoms with Crippen molar-refractivity contribution in [1.82, 2.24) is 24.9 Å². The Bertz CT molecular complexity index is 1040. The summed E-state index contributed by atoms with van der Waals surface area (Å²) in [6.45, 7) is 11.0. The number of piperazine rings is 1. The van der Waals surface area contributed by atoms with Gasteiger partial charge in [0, 0.05) is 63.3 Å². The summed E-state index contributed by atoms with van der Waals surface area (Å²) in [5.41, 5.74) is 1.79. The molecule has 9 nitrogen and oxygen atoms in total. The topological polar surface area (TPSA) is 80.0 Å². The summed E-state index contributed by atoms with van der Waals surface area (Å²) in [5.74, 6) is 3.24. The number of rotatable bonds is 8. The lowest BCUT2D eigenvalue weighted by Gasteiger charge is -2.35. The van der Waals surface area contributed by atoms with Gasteiger partial charge in [0.15, 0.2) is 17.3 Å². The van der Waals surface area contributed by atoms with Crippen LogP contribution in [0.2, 0.25) is 0 Å². The van der Waals surface area contributed by atoms with Crippen LogP contribution >= 0.6 is 0 Å². The summed E-state index contributed by atoms with van der Waals surface area (Å²) in [7, 11) is 0. The smallest absolute Gasteiger partial charge is 0.225 e. The van der Waals surface area contributed by atoms with Gasteiger partial charge in [-0.1, -0.05) is 12.1 Å². The van der Waals surface area contributed by atoms with Gasteiger partial charge in [-0.2, -0.15) is 0 Å². The zero-order chi connectivity index (χ0) is 22.5. The van der Waals surface area contributed by atoms with Crippen LogP contribution in [0.1, 0.15) is 12.7 Å². The minimum Gasteiger partial charge on any atom is -0.486 e. The van der Waals surface area contributed by atoms with Gasteiger partial charge in [0.25, 0.3) is 0 Å². The first kappa shape index (κ1) is 21.7. The summed E-state index contributed by atoms with van der Waals surface area (Å²) >= 11 is 0. The van der Waals surface area contributed by atoms with Crippen LogP contribution in [0.5, 0.6) is 11.5 Å². The molecular weight excluding hydrogens is 420 g/mol. The molecule has 1 fully saturated rings. The molecule has 9 heteroatoms. The van der Waals surface area contributed by atoms with E-state index >= 15 is 0 Å². The molecule has 0 unspecified atom stereocenters. The van der Waals surface area contributed by atoms with Crippen LogP contribution in [-0.4, -0.2) is 84.0 Å². The monoisotopic (exact) mass is 450 g/mol. The molecule has 3 aromatic rings. The van der Waals surface area contributed by atoms with Gasteiger partial charge < -0.3 is 18.9 Å². The lowest BCUT2D eigenvalue weighted by Crippen LogP contribution is -2.48. The third kappa shape index (κ3) is 5.26. The van der Waals surface area contributed by atoms with Gasteiger partial charge in [0.2, 0.25) is 5.95 Å². The molecule has 33 heavy (non-hydrogen) atoms. The minimum atomic E-state index is 0.570. The lowest BCUT2D eigenvalue weighted by molar-refractivity contribution is 0.171. The average molecular weight is 451 g/mol. The zero-order valence-corrected chi connectivity index (χ0v) is 19.0. The molecule has 0 spiro atoms. The molecule has 0 aliphatic carbocycles. The fraction of sp³-hybridized carbons (Fsp3) is 0.458. The van der Waals surface area contributed by atoms with Gasteiger partial charge in [-0.25, -0.2) is 9.97 Å². The Morgan fingerprint density at radius 1 is 0.970 bits per heavy atom. The van der Waals surface area contributed by atoms with E-state index in [-0.39, 0.29) is 0 Å². The molecule has 0 N–H and O–H groups in total. The number of ether oxygens (including phenoxy) is 2. The van der Waals surface area contributed by atoms with E-state index in [0.717, 1.165) is 86.8 Å². The summed E-state index contributed by atoms with van der Waals surface area (Å²) in [4.78, 5) is 15.9. The fourth-order valence-corrected chi connectivity index (χ4v) is 4.20. The maximum absolute atomic E-state index is 5.69. The highest BCUT2D eigenvalue weighted by molar-refractivity contribution is 5.64. The molecule has 1 aromatic carbocycles. The molecule has 0 saturated carbocycles. The van der Waals surface area contributed by atoms with Crippen molar-refractivity contribution in [2.24, 2.45) is 0 Å². The fourth-order valence-electron chi connectivity index (χ4n) is 4.20. The van der Waals surface area contributed by atoms with Crippen LogP contribution in [0.25, 0.3) is 11.3 Å². The number of hydrogen-bond donors (Lipinski definition) is 0. The standard InChI is InChI=1S/C24H30N6O3/c1-2-28(8-9-29-10-12-30(13-11-29)24-25-6-3-7-26-24)18-20-17-21(27-33-20)19-4-5-22-23(16-19)32-15-14-31-22/h3-7,16-17H,2,8-15,18H2,1H3. The van der Waals surface area contributed by atoms with Crippen LogP contribution in [0, 0.1) is 0 Å². The van der Waals surface area contributed by atoms with E-state index in [0.29, 0.717) is 13.2 Å². The first-order chi connectivity index (χ1) is 16.3. The molecule has 4 heterocycles. The number of hydrogen-bond acceptors (Lipinski definition) is 9. The number of anilines is 1. The molecule has 0 radical (unpaired) electrons. The summed E-state index contributed by atoms with van der Waals surface area (Å²) in [5, 5.41) is 4.28. The van der Waals surface area contributed by atoms with Crippen molar-refractivity contribution < 1.29 is 14.0 Å². The first-order valence-corrected chi connectivity index (χ1v) is 11.6. The van der Waals surface area contributed by atoms with Gasteiger partial charge in [-0.3, -0.25) is 9.80 Å². The highest BCUT2D eigenvalue weighted by Crippen LogP contribution is 2.34. The van der Waals surface area contributed by atoms with Crippen LogP contribution < -0.4 is 14.4 Å². The van der Waals surface area contributed by atoms with E-state index in [4.69, 9.17) is 14.0 Å². The van der Waals surface area contributed by atoms with Crippen molar-refractivity contribution in [3.63, 3.8) is 0 Å². The average Bonchev–Trinajstić information content (AvgIpc) is 3.35. The van der Waals surface area contributed by atoms with Gasteiger partial charge in [0.05, 0.1) is 6.54 Å². The Morgan fingerprint density at radius 3 is 2.55 bits per heavy atom. The number of fused-ring (bicyclic) bond motifs is 1. The Labute approximate surface area is 193 Å². The second-order valence-corrected chi connectivity index (χ2v) is 8.28. The second-order valence-electron chi connectivity index (χ2n) is 8.28. The predicted octanol–water partition coefficient (Wildman–Crippen LogP) is 2.55. The predicted molar refractivity (Wildman–Crippen MR) is 125 cm³/mol. The van der Waals surface area contributed by atoms with Gasteiger partial charge in [0.1, 0.15) is 18.9 Å². The largest absolute Gasteiger partial charge is 0.486 e. The van der Waals surface area contributed by atoms with Crippen molar-refractivity contribution in [2.75, 3.05) is 63.9 Å². The van der Waals surface area contributed by atoms with E-state index < -0.39 is 0 Å². The van der Waals surface area contributed by atoms with E-state index in [1.54, 1.807) is 12.4 Å². The van der Waals surface area contributed by atoms with E-state index in [1.165, 1.54) is 0 Å². The Kier molecular flexibility index (Phi) is 6.68. The van der Waals surface area contributed by atoms with Crippen LogP contribution in [0.4, 0.5) is 5.95 Å². The van der Waals surface area contributed by atoms with Crippen molar-refractivity contribution in [3.05, 3.63) is 48.5 Å². The van der Waals surface area contributed by atoms with Gasteiger partial charge >= 0.3 is 0 Å². The number of likely N-dealkylation sites (N-methyl/N-ethyl adjacent to an activating group) is 1. The van der Waals surface area contributed by atoms with Crippen molar-refractivity contribution >= 4 is 5.95 Å². The van der Waals surface area contributed by atoms with E-state index in [9.17, 15) is 0 Å². The molecule has 2 aliphatic heterocycles. The highest BCUT2D eigenvalue weighted by Gasteiger charge is 2.20. The maximum atomic E-state index is 5.69. The zero-order valence-electron chi connectivity index (χ0n) is 19.0. The molecule has 174 valence electrons. The van der Waals surface area contributed by atoms with Crippen molar-refractivity contribution in [1.29, 1.82) is 0 Å². The lowest BCUT2D eigenvalue weighted by atomic mass is 10.1. The highest BCUT2D eigenvalue weighted by atomic mass is 16.6. The summed E-state index contributed by atoms with van der Waals surface area (Å²) < 4.78 is 16.9. The minimum absolute atomic E-state index is 0.570. The van der Waals surface area contributed by atoms with E-state index in [2.05, 4.69) is 36.7 Å². The third-order valence-corrected chi connectivity index (χ3v) is 6.16. The molecule has 5 rings (SSSR count). The molecule has 0 bridgehead atoms. The van der Waals surface area contributed by atoms with Crippen LogP contribution in [0.15, 0.2) is 47.2 Å². The Morgan fingerprint density at radius 2 is 1.76 bits per heavy atom. The quantitative estimate of drug-likeness (QED) is 0.514. The summed E-state index contributed by atoms with van der Waals surface area (Å²) in [6.07, 6.45) is 3.60. The molecule has 2 aromatic heterocycles.